The van der Waals surface area contributed by atoms with Crippen LogP contribution >= 0.6 is 35.0 Å². The Hall–Kier alpha value is -2.55. The number of aromatic nitrogens is 3. The Bertz CT molecular complexity index is 927. The van der Waals surface area contributed by atoms with Gasteiger partial charge in [0, 0.05) is 0 Å². The molecule has 2 aromatic carbocycles. The molecule has 7 nitrogen and oxygen atoms in total. The molecule has 3 rings (SSSR count). The van der Waals surface area contributed by atoms with Crippen LogP contribution in [0.3, 0.4) is 0 Å². The monoisotopic (exact) mass is 420 g/mol. The van der Waals surface area contributed by atoms with Gasteiger partial charge in [0.1, 0.15) is 0 Å². The van der Waals surface area contributed by atoms with Crippen LogP contribution in [0.1, 0.15) is 5.56 Å². The maximum absolute atomic E-state index is 12.1. The number of para-hydroxylation sites is 1. The zero-order valence-electron chi connectivity index (χ0n) is 13.8. The summed E-state index contributed by atoms with van der Waals surface area (Å²) >= 11 is 13.2. The summed E-state index contributed by atoms with van der Waals surface area (Å²) in [5.74, 6) is 0.210. The van der Waals surface area contributed by atoms with Crippen LogP contribution in [-0.2, 0) is 4.79 Å². The maximum atomic E-state index is 12.1. The molecule has 0 spiro atoms. The number of H-pyrrole nitrogens is 1. The summed E-state index contributed by atoms with van der Waals surface area (Å²) < 4.78 is 0. The van der Waals surface area contributed by atoms with Gasteiger partial charge >= 0.3 is 0 Å². The molecule has 3 N–H and O–H groups in total. The third kappa shape index (κ3) is 5.72. The molecule has 0 aliphatic rings. The number of hydrogen-bond donors (Lipinski definition) is 3. The molecule has 0 radical (unpaired) electrons. The Kier molecular flexibility index (Phi) is 6.69. The number of anilines is 2. The number of halogens is 2. The number of hydrazone groups is 1. The second-order valence-corrected chi connectivity index (χ2v) is 6.94. The van der Waals surface area contributed by atoms with Crippen LogP contribution in [0.15, 0.2) is 58.8 Å². The van der Waals surface area contributed by atoms with E-state index in [-0.39, 0.29) is 11.7 Å². The van der Waals surface area contributed by atoms with Gasteiger partial charge in [-0.25, -0.2) is 10.5 Å². The van der Waals surface area contributed by atoms with E-state index in [4.69, 9.17) is 23.2 Å². The van der Waals surface area contributed by atoms with Crippen LogP contribution in [0.25, 0.3) is 0 Å². The van der Waals surface area contributed by atoms with E-state index in [0.29, 0.717) is 26.8 Å². The van der Waals surface area contributed by atoms with Crippen LogP contribution in [0.4, 0.5) is 11.6 Å². The molecule has 0 unspecified atom stereocenters. The Labute approximate surface area is 169 Å². The molecule has 1 heterocycles. The first kappa shape index (κ1) is 19.2. The summed E-state index contributed by atoms with van der Waals surface area (Å²) in [5, 5.41) is 14.6. The number of aromatic amines is 1. The van der Waals surface area contributed by atoms with Crippen molar-refractivity contribution < 1.29 is 4.79 Å². The Balaban J connectivity index is 1.49. The minimum Gasteiger partial charge on any atom is -0.323 e. The minimum absolute atomic E-state index is 0.103. The van der Waals surface area contributed by atoms with Crippen molar-refractivity contribution >= 4 is 58.7 Å². The normalized spacial score (nSPS) is 10.9. The molecule has 0 aliphatic carbocycles. The van der Waals surface area contributed by atoms with E-state index in [1.165, 1.54) is 11.8 Å². The zero-order chi connectivity index (χ0) is 19.1. The molecule has 3 aromatic rings. The van der Waals surface area contributed by atoms with Crippen molar-refractivity contribution in [2.45, 2.75) is 5.16 Å². The molecular weight excluding hydrogens is 407 g/mol. The Morgan fingerprint density at radius 2 is 1.89 bits per heavy atom. The average molecular weight is 421 g/mol. The molecule has 0 aliphatic heterocycles. The average Bonchev–Trinajstić information content (AvgIpc) is 3.12. The van der Waals surface area contributed by atoms with Gasteiger partial charge < -0.3 is 5.32 Å². The van der Waals surface area contributed by atoms with Gasteiger partial charge in [0.2, 0.25) is 17.0 Å². The zero-order valence-corrected chi connectivity index (χ0v) is 16.1. The fraction of sp³-hybridized carbons (Fsp3) is 0.0588. The topological polar surface area (TPSA) is 95.1 Å². The van der Waals surface area contributed by atoms with E-state index >= 15 is 0 Å². The summed E-state index contributed by atoms with van der Waals surface area (Å²) in [6.45, 7) is 0. The van der Waals surface area contributed by atoms with Crippen molar-refractivity contribution in [3.63, 3.8) is 0 Å². The van der Waals surface area contributed by atoms with Gasteiger partial charge in [0.05, 0.1) is 27.7 Å². The molecule has 0 bridgehead atoms. The largest absolute Gasteiger partial charge is 0.323 e. The lowest BCUT2D eigenvalue weighted by atomic mass is 10.2. The van der Waals surface area contributed by atoms with Crippen molar-refractivity contribution in [3.05, 3.63) is 64.1 Å². The first-order valence-corrected chi connectivity index (χ1v) is 9.49. The predicted molar refractivity (Wildman–Crippen MR) is 110 cm³/mol. The first-order chi connectivity index (χ1) is 13.1. The highest BCUT2D eigenvalue weighted by Gasteiger charge is 2.11. The molecule has 27 heavy (non-hydrogen) atoms. The molecule has 0 fully saturated rings. The second-order valence-electron chi connectivity index (χ2n) is 5.18. The molecule has 1 amide bonds. The molecule has 0 saturated carbocycles. The van der Waals surface area contributed by atoms with E-state index in [2.05, 4.69) is 31.0 Å². The minimum atomic E-state index is -0.267. The smallest absolute Gasteiger partial charge is 0.240 e. The quantitative estimate of drug-likeness (QED) is 0.301. The molecular formula is C17H14Cl2N6OS. The van der Waals surface area contributed by atoms with Crippen LogP contribution < -0.4 is 10.7 Å². The van der Waals surface area contributed by atoms with Crippen molar-refractivity contribution in [2.75, 3.05) is 16.5 Å². The van der Waals surface area contributed by atoms with E-state index in [1.807, 2.05) is 30.3 Å². The number of carbonyl (C=O) groups excluding carboxylic acids is 1. The van der Waals surface area contributed by atoms with Gasteiger partial charge in [-0.3, -0.25) is 4.79 Å². The highest BCUT2D eigenvalue weighted by Crippen LogP contribution is 2.30. The van der Waals surface area contributed by atoms with E-state index in [9.17, 15) is 4.79 Å². The third-order valence-electron chi connectivity index (χ3n) is 3.21. The standard InChI is InChI=1S/C17H14Cl2N6OS/c18-12-7-4-8-13(19)15(12)21-14(26)10-27-17-22-16(24-25-17)23-20-9-11-5-2-1-3-6-11/h1-9H,10H2,(H,21,26)(H2,22,23,24,25)/b20-9-. The van der Waals surface area contributed by atoms with Crippen molar-refractivity contribution in [1.82, 2.24) is 15.2 Å². The lowest BCUT2D eigenvalue weighted by Gasteiger charge is -2.08. The number of hydrogen-bond acceptors (Lipinski definition) is 6. The summed E-state index contributed by atoms with van der Waals surface area (Å²) in [7, 11) is 0. The summed E-state index contributed by atoms with van der Waals surface area (Å²) in [4.78, 5) is 16.3. The van der Waals surface area contributed by atoms with Gasteiger partial charge in [0.15, 0.2) is 0 Å². The Morgan fingerprint density at radius 3 is 2.63 bits per heavy atom. The van der Waals surface area contributed by atoms with E-state index in [0.717, 1.165) is 5.56 Å². The predicted octanol–water partition coefficient (Wildman–Crippen LogP) is 4.29. The van der Waals surface area contributed by atoms with Gasteiger partial charge in [-0.15, -0.1) is 5.10 Å². The van der Waals surface area contributed by atoms with Crippen LogP contribution in [-0.4, -0.2) is 33.1 Å². The number of amides is 1. The maximum Gasteiger partial charge on any atom is 0.240 e. The number of benzene rings is 2. The number of nitrogens with zero attached hydrogens (tertiary/aromatic N) is 3. The number of thioether (sulfide) groups is 1. The molecule has 10 heteroatoms. The highest BCUT2D eigenvalue weighted by atomic mass is 35.5. The van der Waals surface area contributed by atoms with Crippen LogP contribution in [0, 0.1) is 0 Å². The first-order valence-electron chi connectivity index (χ1n) is 7.75. The van der Waals surface area contributed by atoms with Gasteiger partial charge in [0.25, 0.3) is 0 Å². The van der Waals surface area contributed by atoms with Crippen molar-refractivity contribution in [1.29, 1.82) is 0 Å². The number of nitrogens with one attached hydrogen (secondary N) is 3. The Morgan fingerprint density at radius 1 is 1.15 bits per heavy atom. The summed E-state index contributed by atoms with van der Waals surface area (Å²) in [5.41, 5.74) is 4.09. The SMILES string of the molecule is O=C(CSc1n[nH]c(N/N=C\c2ccccc2)n1)Nc1c(Cl)cccc1Cl. The third-order valence-corrected chi connectivity index (χ3v) is 4.69. The molecule has 138 valence electrons. The van der Waals surface area contributed by atoms with E-state index < -0.39 is 0 Å². The fourth-order valence-electron chi connectivity index (χ4n) is 1.99. The van der Waals surface area contributed by atoms with Crippen molar-refractivity contribution in [3.8, 4) is 0 Å². The van der Waals surface area contributed by atoms with Crippen LogP contribution in [0.5, 0.6) is 0 Å². The number of rotatable bonds is 7. The second kappa shape index (κ2) is 9.40. The summed E-state index contributed by atoms with van der Waals surface area (Å²) in [6, 6.07) is 14.6. The fourth-order valence-corrected chi connectivity index (χ4v) is 3.08. The lowest BCUT2D eigenvalue weighted by molar-refractivity contribution is -0.113. The molecule has 0 saturated heterocycles. The van der Waals surface area contributed by atoms with Gasteiger partial charge in [-0.1, -0.05) is 71.4 Å². The molecule has 0 atom stereocenters. The lowest BCUT2D eigenvalue weighted by Crippen LogP contribution is -2.14. The van der Waals surface area contributed by atoms with Gasteiger partial charge in [-0.2, -0.15) is 10.1 Å². The van der Waals surface area contributed by atoms with Crippen molar-refractivity contribution in [2.24, 2.45) is 5.10 Å². The van der Waals surface area contributed by atoms with Gasteiger partial charge in [-0.05, 0) is 17.7 Å². The number of carbonyl (C=O) groups is 1. The summed E-state index contributed by atoms with van der Waals surface area (Å²) in [6.07, 6.45) is 1.66. The molecule has 1 aromatic heterocycles. The van der Waals surface area contributed by atoms with E-state index in [1.54, 1.807) is 24.4 Å². The highest BCUT2D eigenvalue weighted by molar-refractivity contribution is 7.99. The van der Waals surface area contributed by atoms with Crippen LogP contribution in [0.2, 0.25) is 10.0 Å².